The van der Waals surface area contributed by atoms with E-state index in [0.29, 0.717) is 18.0 Å². The van der Waals surface area contributed by atoms with Crippen LogP contribution in [0.4, 0.5) is 30.2 Å². The number of halogens is 3. The van der Waals surface area contributed by atoms with Crippen LogP contribution in [0.3, 0.4) is 0 Å². The van der Waals surface area contributed by atoms with Gasteiger partial charge in [-0.2, -0.15) is 23.4 Å². The fraction of sp³-hybridized carbons (Fsp3) is 0.516. The molecule has 0 aromatic heterocycles. The highest BCUT2D eigenvalue weighted by atomic mass is 19.4. The summed E-state index contributed by atoms with van der Waals surface area (Å²) < 4.78 is 43.1. The number of alkyl halides is 3. The summed E-state index contributed by atoms with van der Waals surface area (Å²) in [5.74, 6) is -1.87. The lowest BCUT2D eigenvalue weighted by atomic mass is 10.1. The van der Waals surface area contributed by atoms with E-state index in [4.69, 9.17) is 4.74 Å². The molecule has 5 nitrogen and oxygen atoms in total. The molecule has 0 aliphatic carbocycles. The summed E-state index contributed by atoms with van der Waals surface area (Å²) in [5.41, 5.74) is 2.80. The first-order valence-corrected chi connectivity index (χ1v) is 13.9. The van der Waals surface area contributed by atoms with Gasteiger partial charge < -0.3 is 9.64 Å². The Morgan fingerprint density at radius 3 is 1.79 bits per heavy atom. The van der Waals surface area contributed by atoms with Gasteiger partial charge in [-0.25, -0.2) is 0 Å². The molecule has 2 aromatic rings. The number of benzene rings is 2. The van der Waals surface area contributed by atoms with Crippen LogP contribution in [-0.4, -0.2) is 38.3 Å². The first-order chi connectivity index (χ1) is 18.7. The molecule has 0 heterocycles. The predicted octanol–water partition coefficient (Wildman–Crippen LogP) is 9.78. The molecule has 0 unspecified atom stereocenters. The highest BCUT2D eigenvalue weighted by Gasteiger charge is 2.39. The maximum absolute atomic E-state index is 12.5. The van der Waals surface area contributed by atoms with E-state index in [-0.39, 0.29) is 0 Å². The average molecular weight is 546 g/mol. The minimum Gasteiger partial charge on any atom is -0.377 e. The van der Waals surface area contributed by atoms with Gasteiger partial charge in [0.05, 0.1) is 18.0 Å². The molecule has 0 N–H and O–H groups in total. The maximum Gasteiger partial charge on any atom is 0.454 e. The Bertz CT molecular complexity index is 1020. The molecule has 0 amide bonds. The number of carbonyl (C=O) groups is 1. The van der Waals surface area contributed by atoms with Crippen LogP contribution in [0, 0.1) is 0 Å². The number of nitrogens with zero attached hydrogens (tertiary/aromatic N) is 3. The van der Waals surface area contributed by atoms with Crippen molar-refractivity contribution in [3.63, 3.8) is 0 Å². The zero-order valence-corrected chi connectivity index (χ0v) is 23.3. The molecule has 0 aliphatic rings. The van der Waals surface area contributed by atoms with Crippen molar-refractivity contribution < 1.29 is 22.7 Å². The van der Waals surface area contributed by atoms with Crippen LogP contribution < -0.4 is 4.90 Å². The third kappa shape index (κ3) is 13.1. The molecule has 8 heteroatoms. The second-order valence-corrected chi connectivity index (χ2v) is 9.86. The van der Waals surface area contributed by atoms with E-state index in [1.807, 2.05) is 31.2 Å². The molecule has 0 saturated carbocycles. The lowest BCUT2D eigenvalue weighted by Crippen LogP contribution is -2.23. The Morgan fingerprint density at radius 1 is 0.821 bits per heavy atom. The van der Waals surface area contributed by atoms with Gasteiger partial charge in [0.25, 0.3) is 5.78 Å². The van der Waals surface area contributed by atoms with Crippen LogP contribution in [-0.2, 0) is 4.74 Å². The number of ketones is 1. The molecule has 214 valence electrons. The Kier molecular flexibility index (Phi) is 14.5. The molecule has 0 saturated heterocycles. The number of unbranched alkanes of at least 4 members (excludes halogenated alkanes) is 8. The van der Waals surface area contributed by atoms with Gasteiger partial charge in [-0.15, -0.1) is 0 Å². The summed E-state index contributed by atoms with van der Waals surface area (Å²) in [7, 11) is 0. The van der Waals surface area contributed by atoms with Crippen LogP contribution in [0.2, 0.25) is 0 Å². The fourth-order valence-electron chi connectivity index (χ4n) is 4.15. The van der Waals surface area contributed by atoms with E-state index < -0.39 is 17.5 Å². The maximum atomic E-state index is 12.5. The van der Waals surface area contributed by atoms with Gasteiger partial charge in [-0.3, -0.25) is 4.79 Å². The SMILES string of the molecule is C=C(C)COCCCCCCCCCCCN(CC)c1ccc(/N=N/c2ccc(C(=O)C(F)(F)F)cc2)cc1. The molecule has 0 aliphatic heterocycles. The summed E-state index contributed by atoms with van der Waals surface area (Å²) in [4.78, 5) is 13.6. The van der Waals surface area contributed by atoms with Gasteiger partial charge >= 0.3 is 6.18 Å². The number of hydrogen-bond donors (Lipinski definition) is 0. The third-order valence-electron chi connectivity index (χ3n) is 6.33. The second-order valence-electron chi connectivity index (χ2n) is 9.86. The molecule has 0 fully saturated rings. The number of Topliss-reactive ketones (excluding diaryl/α,β-unsaturated/α-hetero) is 1. The van der Waals surface area contributed by atoms with Gasteiger partial charge in [0.15, 0.2) is 0 Å². The molecule has 0 atom stereocenters. The first kappa shape index (κ1) is 32.2. The van der Waals surface area contributed by atoms with E-state index >= 15 is 0 Å². The highest BCUT2D eigenvalue weighted by molar-refractivity contribution is 6.00. The highest BCUT2D eigenvalue weighted by Crippen LogP contribution is 2.25. The van der Waals surface area contributed by atoms with Crippen LogP contribution in [0.25, 0.3) is 0 Å². The summed E-state index contributed by atoms with van der Waals surface area (Å²) in [6, 6.07) is 12.7. The van der Waals surface area contributed by atoms with E-state index in [1.165, 1.54) is 57.1 Å². The van der Waals surface area contributed by atoms with Crippen molar-refractivity contribution in [3.05, 3.63) is 66.2 Å². The third-order valence-corrected chi connectivity index (χ3v) is 6.33. The van der Waals surface area contributed by atoms with Crippen molar-refractivity contribution in [1.82, 2.24) is 0 Å². The Morgan fingerprint density at radius 2 is 1.31 bits per heavy atom. The second kappa shape index (κ2) is 17.6. The first-order valence-electron chi connectivity index (χ1n) is 13.9. The fourth-order valence-corrected chi connectivity index (χ4v) is 4.15. The summed E-state index contributed by atoms with van der Waals surface area (Å²) >= 11 is 0. The molecule has 2 aromatic carbocycles. The largest absolute Gasteiger partial charge is 0.454 e. The topological polar surface area (TPSA) is 54.3 Å². The smallest absolute Gasteiger partial charge is 0.377 e. The normalized spacial score (nSPS) is 11.7. The zero-order valence-electron chi connectivity index (χ0n) is 23.3. The van der Waals surface area contributed by atoms with Gasteiger partial charge in [-0.1, -0.05) is 57.1 Å². The van der Waals surface area contributed by atoms with E-state index in [2.05, 4.69) is 28.6 Å². The summed E-state index contributed by atoms with van der Waals surface area (Å²) in [6.45, 7) is 11.4. The molecule has 39 heavy (non-hydrogen) atoms. The van der Waals surface area contributed by atoms with E-state index in [9.17, 15) is 18.0 Å². The van der Waals surface area contributed by atoms with Crippen molar-refractivity contribution in [2.24, 2.45) is 10.2 Å². The van der Waals surface area contributed by atoms with Crippen molar-refractivity contribution in [1.29, 1.82) is 0 Å². The van der Waals surface area contributed by atoms with Crippen LogP contribution in [0.1, 0.15) is 82.0 Å². The van der Waals surface area contributed by atoms with Crippen LogP contribution in [0.15, 0.2) is 70.9 Å². The summed E-state index contributed by atoms with van der Waals surface area (Å²) in [6.07, 6.45) is 6.31. The lowest BCUT2D eigenvalue weighted by molar-refractivity contribution is -0.0885. The predicted molar refractivity (Wildman–Crippen MR) is 153 cm³/mol. The molecular formula is C31H42F3N3O2. The number of hydrogen-bond acceptors (Lipinski definition) is 5. The van der Waals surface area contributed by atoms with E-state index in [0.717, 1.165) is 55.9 Å². The van der Waals surface area contributed by atoms with Gasteiger partial charge in [0.2, 0.25) is 0 Å². The quantitative estimate of drug-likeness (QED) is 0.0764. The number of carbonyl (C=O) groups excluding carboxylic acids is 1. The molecule has 0 bridgehead atoms. The van der Waals surface area contributed by atoms with Crippen molar-refractivity contribution in [2.75, 3.05) is 31.2 Å². The van der Waals surface area contributed by atoms with Crippen molar-refractivity contribution >= 4 is 22.8 Å². The van der Waals surface area contributed by atoms with Gasteiger partial charge in [-0.05, 0) is 75.2 Å². The zero-order chi connectivity index (χ0) is 28.5. The van der Waals surface area contributed by atoms with Crippen molar-refractivity contribution in [3.8, 4) is 0 Å². The van der Waals surface area contributed by atoms with Gasteiger partial charge in [0, 0.05) is 30.9 Å². The average Bonchev–Trinajstić information content (AvgIpc) is 2.92. The Hall–Kier alpha value is -3.00. The Balaban J connectivity index is 1.64. The summed E-state index contributed by atoms with van der Waals surface area (Å²) in [5, 5.41) is 8.22. The number of anilines is 1. The number of azo groups is 1. The van der Waals surface area contributed by atoms with Gasteiger partial charge in [0.1, 0.15) is 0 Å². The van der Waals surface area contributed by atoms with Crippen LogP contribution in [0.5, 0.6) is 0 Å². The lowest BCUT2D eigenvalue weighted by Gasteiger charge is -2.23. The Labute approximate surface area is 231 Å². The van der Waals surface area contributed by atoms with Crippen LogP contribution >= 0.6 is 0 Å². The molecular weight excluding hydrogens is 503 g/mol. The standard InChI is InChI=1S/C31H42F3N3O2/c1-4-37(22-12-10-8-6-5-7-9-11-13-23-39-24-25(2)3)29-20-18-28(19-21-29)36-35-27-16-14-26(15-17-27)30(38)31(32,33)34/h14-21H,2,4-13,22-24H2,1,3H3/b36-35+. The monoisotopic (exact) mass is 545 g/mol. The number of rotatable bonds is 19. The molecule has 0 radical (unpaired) electrons. The van der Waals surface area contributed by atoms with E-state index in [1.54, 1.807) is 0 Å². The molecule has 0 spiro atoms. The number of ether oxygens (including phenoxy) is 1. The minimum absolute atomic E-state index is 0.372. The van der Waals surface area contributed by atoms with Crippen molar-refractivity contribution in [2.45, 2.75) is 77.8 Å². The minimum atomic E-state index is -4.89. The molecule has 2 rings (SSSR count).